The van der Waals surface area contributed by atoms with Crippen molar-refractivity contribution in [3.8, 4) is 0 Å². The Morgan fingerprint density at radius 3 is 2.14 bits per heavy atom. The standard InChI is InChI=1S/C7H5NO5.Ni/c9-3-1-2-8-5(7(12)13)4(3)6(10)11;/h1-2H,(H,8,9)(H,10,11)(H,12,13);. The fraction of sp³-hybridized carbons (Fsp3) is 0. The van der Waals surface area contributed by atoms with Crippen LogP contribution in [-0.4, -0.2) is 27.1 Å². The van der Waals surface area contributed by atoms with Crippen molar-refractivity contribution in [2.45, 2.75) is 0 Å². The van der Waals surface area contributed by atoms with E-state index in [0.717, 1.165) is 12.3 Å². The third-order valence-electron chi connectivity index (χ3n) is 1.39. The minimum atomic E-state index is -1.56. The quantitative estimate of drug-likeness (QED) is 0.620. The zero-order valence-electron chi connectivity index (χ0n) is 6.59. The van der Waals surface area contributed by atoms with Crippen LogP contribution in [0.15, 0.2) is 17.1 Å². The Hall–Kier alpha value is -1.62. The number of H-pyrrole nitrogens is 1. The van der Waals surface area contributed by atoms with E-state index in [0.29, 0.717) is 0 Å². The second kappa shape index (κ2) is 4.57. The van der Waals surface area contributed by atoms with Gasteiger partial charge in [0.25, 0.3) is 0 Å². The van der Waals surface area contributed by atoms with Crippen molar-refractivity contribution in [3.63, 3.8) is 0 Å². The number of rotatable bonds is 2. The Kier molecular flexibility index (Phi) is 4.04. The Balaban J connectivity index is 0.00000169. The Morgan fingerprint density at radius 2 is 1.79 bits per heavy atom. The molecule has 1 rings (SSSR count). The van der Waals surface area contributed by atoms with E-state index in [4.69, 9.17) is 10.2 Å². The average Bonchev–Trinajstić information content (AvgIpc) is 2.02. The van der Waals surface area contributed by atoms with Gasteiger partial charge >= 0.3 is 11.9 Å². The van der Waals surface area contributed by atoms with Gasteiger partial charge in [-0.05, 0) is 0 Å². The summed E-state index contributed by atoms with van der Waals surface area (Å²) in [5.74, 6) is -3.03. The van der Waals surface area contributed by atoms with E-state index < -0.39 is 28.6 Å². The van der Waals surface area contributed by atoms with E-state index in [2.05, 4.69) is 4.98 Å². The molecule has 14 heavy (non-hydrogen) atoms. The van der Waals surface area contributed by atoms with Gasteiger partial charge < -0.3 is 15.2 Å². The Morgan fingerprint density at radius 1 is 1.21 bits per heavy atom. The first kappa shape index (κ1) is 12.4. The molecule has 1 aromatic heterocycles. The molecule has 7 heteroatoms. The largest absolute Gasteiger partial charge is 0.477 e. The predicted octanol–water partition coefficient (Wildman–Crippen LogP) is -0.231. The van der Waals surface area contributed by atoms with Crippen LogP contribution in [0.2, 0.25) is 0 Å². The van der Waals surface area contributed by atoms with E-state index in [-0.39, 0.29) is 16.5 Å². The van der Waals surface area contributed by atoms with Crippen LogP contribution >= 0.6 is 0 Å². The molecule has 0 bridgehead atoms. The molecule has 0 fully saturated rings. The van der Waals surface area contributed by atoms with Gasteiger partial charge in [-0.25, -0.2) is 9.59 Å². The molecule has 0 atom stereocenters. The van der Waals surface area contributed by atoms with Crippen LogP contribution < -0.4 is 5.43 Å². The van der Waals surface area contributed by atoms with E-state index >= 15 is 0 Å². The first-order valence-electron chi connectivity index (χ1n) is 3.22. The van der Waals surface area contributed by atoms with Gasteiger partial charge in [0.15, 0.2) is 5.43 Å². The van der Waals surface area contributed by atoms with Gasteiger partial charge in [0.2, 0.25) is 0 Å². The summed E-state index contributed by atoms with van der Waals surface area (Å²) in [6.07, 6.45) is 1.08. The van der Waals surface area contributed by atoms with Gasteiger partial charge in [-0.2, -0.15) is 0 Å². The van der Waals surface area contributed by atoms with Crippen molar-refractivity contribution in [1.82, 2.24) is 4.98 Å². The number of carboxylic acids is 2. The maximum absolute atomic E-state index is 10.9. The molecular weight excluding hydrogens is 237 g/mol. The molecule has 0 aromatic carbocycles. The summed E-state index contributed by atoms with van der Waals surface area (Å²) in [5, 5.41) is 17.0. The molecule has 0 aliphatic carbocycles. The van der Waals surface area contributed by atoms with Gasteiger partial charge in [0.05, 0.1) is 0 Å². The van der Waals surface area contributed by atoms with Crippen molar-refractivity contribution in [3.05, 3.63) is 33.7 Å². The van der Waals surface area contributed by atoms with Gasteiger partial charge in [0.1, 0.15) is 11.3 Å². The van der Waals surface area contributed by atoms with Gasteiger partial charge in [-0.15, -0.1) is 0 Å². The second-order valence-corrected chi connectivity index (χ2v) is 2.20. The zero-order chi connectivity index (χ0) is 10.0. The summed E-state index contributed by atoms with van der Waals surface area (Å²) in [6.45, 7) is 0. The molecular formula is C7H5NNiO5. The molecule has 6 nitrogen and oxygen atoms in total. The summed E-state index contributed by atoms with van der Waals surface area (Å²) >= 11 is 0. The van der Waals surface area contributed by atoms with Gasteiger partial charge in [-0.1, -0.05) is 0 Å². The number of carbonyl (C=O) groups is 2. The number of hydrogen-bond acceptors (Lipinski definition) is 3. The van der Waals surface area contributed by atoms with E-state index in [9.17, 15) is 14.4 Å². The number of carboxylic acid groups (broad SMARTS) is 2. The minimum Gasteiger partial charge on any atom is -0.477 e. The molecule has 1 heterocycles. The summed E-state index contributed by atoms with van der Waals surface area (Å²) in [7, 11) is 0. The topological polar surface area (TPSA) is 107 Å². The van der Waals surface area contributed by atoms with Gasteiger partial charge in [0, 0.05) is 28.8 Å². The van der Waals surface area contributed by atoms with Gasteiger partial charge in [-0.3, -0.25) is 4.79 Å². The summed E-state index contributed by atoms with van der Waals surface area (Å²) in [6, 6.07) is 0.954. The van der Waals surface area contributed by atoms with Crippen molar-refractivity contribution >= 4 is 11.9 Å². The molecule has 0 aliphatic heterocycles. The molecule has 3 N–H and O–H groups in total. The molecule has 0 unspecified atom stereocenters. The van der Waals surface area contributed by atoms with E-state index in [1.54, 1.807) is 0 Å². The number of pyridine rings is 1. The summed E-state index contributed by atoms with van der Waals surface area (Å²) in [4.78, 5) is 34.0. The Bertz CT molecular complexity index is 424. The molecule has 1 aromatic rings. The third kappa shape index (κ3) is 2.20. The molecule has 0 radical (unpaired) electrons. The third-order valence-corrected chi connectivity index (χ3v) is 1.39. The number of aromatic carboxylic acids is 2. The van der Waals surface area contributed by atoms with Crippen LogP contribution in [0.3, 0.4) is 0 Å². The molecule has 78 valence electrons. The van der Waals surface area contributed by atoms with Crippen molar-refractivity contribution < 1.29 is 36.3 Å². The number of nitrogens with one attached hydrogen (secondary N) is 1. The summed E-state index contributed by atoms with van der Waals surface area (Å²) in [5.41, 5.74) is -2.20. The SMILES string of the molecule is O=C(O)c1[nH]ccc(=O)c1C(=O)O.[Ni]. The van der Waals surface area contributed by atoms with Crippen LogP contribution in [0, 0.1) is 0 Å². The average molecular weight is 242 g/mol. The monoisotopic (exact) mass is 241 g/mol. The number of aromatic nitrogens is 1. The zero-order valence-corrected chi connectivity index (χ0v) is 7.58. The molecule has 0 aliphatic rings. The maximum atomic E-state index is 10.9. The fourth-order valence-corrected chi connectivity index (χ4v) is 0.860. The van der Waals surface area contributed by atoms with Crippen molar-refractivity contribution in [2.24, 2.45) is 0 Å². The Labute approximate surface area is 87.5 Å². The second-order valence-electron chi connectivity index (χ2n) is 2.20. The molecule has 0 saturated carbocycles. The summed E-state index contributed by atoms with van der Waals surface area (Å²) < 4.78 is 0. The van der Waals surface area contributed by atoms with Crippen LogP contribution in [-0.2, 0) is 16.5 Å². The predicted molar refractivity (Wildman–Crippen MR) is 41.0 cm³/mol. The van der Waals surface area contributed by atoms with E-state index in [1.165, 1.54) is 0 Å². The first-order valence-corrected chi connectivity index (χ1v) is 3.22. The maximum Gasteiger partial charge on any atom is 0.353 e. The van der Waals surface area contributed by atoms with Crippen LogP contribution in [0.25, 0.3) is 0 Å². The van der Waals surface area contributed by atoms with Crippen molar-refractivity contribution in [1.29, 1.82) is 0 Å². The molecule has 0 saturated heterocycles. The first-order chi connectivity index (χ1) is 6.04. The normalized spacial score (nSPS) is 8.86. The van der Waals surface area contributed by atoms with Crippen LogP contribution in [0.1, 0.15) is 20.8 Å². The number of aromatic amines is 1. The van der Waals surface area contributed by atoms with E-state index in [1.807, 2.05) is 0 Å². The minimum absolute atomic E-state index is 0. The smallest absolute Gasteiger partial charge is 0.353 e. The number of hydrogen-bond donors (Lipinski definition) is 3. The van der Waals surface area contributed by atoms with Crippen LogP contribution in [0.5, 0.6) is 0 Å². The fourth-order valence-electron chi connectivity index (χ4n) is 0.860. The molecule has 0 amide bonds. The van der Waals surface area contributed by atoms with Crippen LogP contribution in [0.4, 0.5) is 0 Å². The van der Waals surface area contributed by atoms with Crippen molar-refractivity contribution in [2.75, 3.05) is 0 Å². The molecule has 0 spiro atoms.